The molecule has 0 radical (unpaired) electrons. The van der Waals surface area contributed by atoms with E-state index in [4.69, 9.17) is 0 Å². The normalized spacial score (nSPS) is 23.9. The molecule has 1 aliphatic rings. The molecule has 0 heterocycles. The van der Waals surface area contributed by atoms with Crippen LogP contribution in [0.2, 0.25) is 0 Å². The molecule has 1 rings (SSSR count). The summed E-state index contributed by atoms with van der Waals surface area (Å²) in [5, 5.41) is 0. The highest BCUT2D eigenvalue weighted by Crippen LogP contribution is 2.11. The van der Waals surface area contributed by atoms with Crippen LogP contribution in [0.15, 0.2) is 23.8 Å². The molecule has 0 spiro atoms. The van der Waals surface area contributed by atoms with Crippen LogP contribution < -0.4 is 0 Å². The Bertz CT molecular complexity index is 151. The lowest BCUT2D eigenvalue weighted by atomic mass is 10.1. The maximum absolute atomic E-state index is 2.40. The summed E-state index contributed by atoms with van der Waals surface area (Å²) >= 11 is 0. The summed E-state index contributed by atoms with van der Waals surface area (Å²) in [5.74, 6) is 0. The summed E-state index contributed by atoms with van der Waals surface area (Å²) in [4.78, 5) is 0. The topological polar surface area (TPSA) is 0 Å². The zero-order valence-corrected chi connectivity index (χ0v) is 7.47. The summed E-state index contributed by atoms with van der Waals surface area (Å²) in [6.45, 7) is 2.26. The molecule has 0 fully saturated rings. The molecule has 11 heavy (non-hydrogen) atoms. The highest BCUT2D eigenvalue weighted by molar-refractivity contribution is 4.99. The van der Waals surface area contributed by atoms with Gasteiger partial charge < -0.3 is 0 Å². The van der Waals surface area contributed by atoms with Gasteiger partial charge in [-0.15, -0.1) is 0 Å². The van der Waals surface area contributed by atoms with Crippen LogP contribution in [-0.4, -0.2) is 0 Å². The second-order valence-corrected chi connectivity index (χ2v) is 3.35. The molecule has 0 saturated carbocycles. The summed E-state index contributed by atoms with van der Waals surface area (Å²) in [6, 6.07) is 0. The summed E-state index contributed by atoms with van der Waals surface area (Å²) in [7, 11) is 0. The molecular formula is C11H18. The van der Waals surface area contributed by atoms with Crippen molar-refractivity contribution in [3.05, 3.63) is 23.8 Å². The van der Waals surface area contributed by atoms with Gasteiger partial charge in [0.05, 0.1) is 0 Å². The maximum atomic E-state index is 2.40. The Morgan fingerprint density at radius 1 is 1.00 bits per heavy atom. The predicted molar refractivity (Wildman–Crippen MR) is 50.6 cm³/mol. The van der Waals surface area contributed by atoms with Crippen molar-refractivity contribution in [2.24, 2.45) is 0 Å². The van der Waals surface area contributed by atoms with E-state index in [0.717, 1.165) is 0 Å². The molecule has 0 aromatic heterocycles. The van der Waals surface area contributed by atoms with Gasteiger partial charge in [-0.05, 0) is 45.4 Å². The van der Waals surface area contributed by atoms with Crippen LogP contribution in [0.4, 0.5) is 0 Å². The maximum Gasteiger partial charge on any atom is -0.0320 e. The molecule has 0 saturated heterocycles. The Balaban J connectivity index is 2.34. The van der Waals surface area contributed by atoms with Crippen LogP contribution in [0.25, 0.3) is 0 Å². The second-order valence-electron chi connectivity index (χ2n) is 3.35. The fourth-order valence-corrected chi connectivity index (χ4v) is 1.42. The minimum absolute atomic E-state index is 1.27. The summed E-state index contributed by atoms with van der Waals surface area (Å²) < 4.78 is 0. The SMILES string of the molecule is CC1=CCCC/C=C/CCC1. The van der Waals surface area contributed by atoms with Gasteiger partial charge in [0.25, 0.3) is 0 Å². The third kappa shape index (κ3) is 4.02. The lowest BCUT2D eigenvalue weighted by molar-refractivity contribution is 0.789. The molecule has 0 N–H and O–H groups in total. The van der Waals surface area contributed by atoms with Gasteiger partial charge in [-0.2, -0.15) is 0 Å². The predicted octanol–water partition coefficient (Wildman–Crippen LogP) is 3.84. The number of allylic oxidation sites excluding steroid dienone is 4. The molecule has 0 aliphatic heterocycles. The number of hydrogen-bond acceptors (Lipinski definition) is 0. The molecule has 0 aromatic rings. The van der Waals surface area contributed by atoms with Crippen molar-refractivity contribution in [3.63, 3.8) is 0 Å². The Morgan fingerprint density at radius 3 is 2.55 bits per heavy atom. The van der Waals surface area contributed by atoms with E-state index in [1.165, 1.54) is 38.5 Å². The first kappa shape index (κ1) is 8.58. The van der Waals surface area contributed by atoms with Gasteiger partial charge in [0.15, 0.2) is 0 Å². The average Bonchev–Trinajstić information content (AvgIpc) is 2.03. The average molecular weight is 150 g/mol. The van der Waals surface area contributed by atoms with Gasteiger partial charge in [0.2, 0.25) is 0 Å². The Labute approximate surface area is 70.0 Å². The van der Waals surface area contributed by atoms with E-state index >= 15 is 0 Å². The smallest absolute Gasteiger partial charge is 0.0320 e. The molecule has 0 bridgehead atoms. The zero-order valence-electron chi connectivity index (χ0n) is 7.47. The summed E-state index contributed by atoms with van der Waals surface area (Å²) in [6.07, 6.45) is 14.8. The number of hydrogen-bond donors (Lipinski definition) is 0. The van der Waals surface area contributed by atoms with Crippen molar-refractivity contribution < 1.29 is 0 Å². The molecule has 0 heteroatoms. The number of rotatable bonds is 0. The van der Waals surface area contributed by atoms with Gasteiger partial charge >= 0.3 is 0 Å². The largest absolute Gasteiger partial charge is 0.0885 e. The van der Waals surface area contributed by atoms with Crippen LogP contribution in [-0.2, 0) is 0 Å². The molecule has 1 aliphatic carbocycles. The van der Waals surface area contributed by atoms with E-state index in [9.17, 15) is 0 Å². The van der Waals surface area contributed by atoms with Gasteiger partial charge in [-0.3, -0.25) is 0 Å². The molecule has 0 unspecified atom stereocenters. The first-order valence-corrected chi connectivity index (χ1v) is 4.70. The van der Waals surface area contributed by atoms with Gasteiger partial charge in [-0.1, -0.05) is 23.8 Å². The van der Waals surface area contributed by atoms with E-state index in [1.807, 2.05) is 0 Å². The van der Waals surface area contributed by atoms with Crippen molar-refractivity contribution in [2.45, 2.75) is 45.4 Å². The Morgan fingerprint density at radius 2 is 1.73 bits per heavy atom. The van der Waals surface area contributed by atoms with Crippen LogP contribution in [0, 0.1) is 0 Å². The summed E-state index contributed by atoms with van der Waals surface area (Å²) in [5.41, 5.74) is 1.58. The van der Waals surface area contributed by atoms with Crippen molar-refractivity contribution >= 4 is 0 Å². The minimum atomic E-state index is 1.27. The standard InChI is InChI=1S/C11H18/c1-11-9-7-5-3-2-4-6-8-10-11/h2-3,10H,4-9H2,1H3/b3-2+,11-10?. The van der Waals surface area contributed by atoms with Crippen molar-refractivity contribution in [2.75, 3.05) is 0 Å². The minimum Gasteiger partial charge on any atom is -0.0885 e. The van der Waals surface area contributed by atoms with Crippen molar-refractivity contribution in [1.29, 1.82) is 0 Å². The third-order valence-electron chi connectivity index (χ3n) is 2.18. The molecular weight excluding hydrogens is 132 g/mol. The van der Waals surface area contributed by atoms with E-state index in [-0.39, 0.29) is 0 Å². The van der Waals surface area contributed by atoms with Gasteiger partial charge in [0, 0.05) is 0 Å². The lowest BCUT2D eigenvalue weighted by Crippen LogP contribution is -1.81. The Kier molecular flexibility index (Phi) is 4.03. The zero-order chi connectivity index (χ0) is 7.94. The lowest BCUT2D eigenvalue weighted by Gasteiger charge is -2.01. The van der Waals surface area contributed by atoms with E-state index < -0.39 is 0 Å². The fourth-order valence-electron chi connectivity index (χ4n) is 1.42. The highest BCUT2D eigenvalue weighted by atomic mass is 14.0. The third-order valence-corrected chi connectivity index (χ3v) is 2.18. The monoisotopic (exact) mass is 150 g/mol. The van der Waals surface area contributed by atoms with Crippen LogP contribution in [0.3, 0.4) is 0 Å². The van der Waals surface area contributed by atoms with Crippen molar-refractivity contribution in [1.82, 2.24) is 0 Å². The second kappa shape index (κ2) is 5.17. The molecule has 0 amide bonds. The van der Waals surface area contributed by atoms with E-state index in [2.05, 4.69) is 25.2 Å². The fraction of sp³-hybridized carbons (Fsp3) is 0.636. The van der Waals surface area contributed by atoms with Gasteiger partial charge in [-0.25, -0.2) is 0 Å². The first-order valence-electron chi connectivity index (χ1n) is 4.70. The van der Waals surface area contributed by atoms with E-state index in [1.54, 1.807) is 5.57 Å². The molecule has 0 nitrogen and oxygen atoms in total. The van der Waals surface area contributed by atoms with Gasteiger partial charge in [0.1, 0.15) is 0 Å². The molecule has 62 valence electrons. The van der Waals surface area contributed by atoms with Crippen LogP contribution in [0.5, 0.6) is 0 Å². The quantitative estimate of drug-likeness (QED) is 0.460. The molecule has 0 atom stereocenters. The Hall–Kier alpha value is -0.520. The van der Waals surface area contributed by atoms with Crippen LogP contribution >= 0.6 is 0 Å². The first-order chi connectivity index (χ1) is 5.39. The van der Waals surface area contributed by atoms with E-state index in [0.29, 0.717) is 0 Å². The highest BCUT2D eigenvalue weighted by Gasteiger charge is 1.91. The van der Waals surface area contributed by atoms with Crippen LogP contribution in [0.1, 0.15) is 45.4 Å². The van der Waals surface area contributed by atoms with Crippen molar-refractivity contribution in [3.8, 4) is 0 Å². The molecule has 0 aromatic carbocycles.